The fourth-order valence-corrected chi connectivity index (χ4v) is 1.96. The molecule has 0 bridgehead atoms. The van der Waals surface area contributed by atoms with Gasteiger partial charge in [0.25, 0.3) is 0 Å². The van der Waals surface area contributed by atoms with Crippen molar-refractivity contribution in [1.29, 1.82) is 0 Å². The van der Waals surface area contributed by atoms with Crippen molar-refractivity contribution >= 4 is 11.9 Å². The van der Waals surface area contributed by atoms with Gasteiger partial charge in [0.1, 0.15) is 0 Å². The Bertz CT molecular complexity index is 254. The summed E-state index contributed by atoms with van der Waals surface area (Å²) in [5.41, 5.74) is 0. The van der Waals surface area contributed by atoms with Crippen LogP contribution < -0.4 is 0 Å². The predicted molar refractivity (Wildman–Crippen MR) is 58.0 cm³/mol. The third-order valence-corrected chi connectivity index (χ3v) is 2.77. The molecule has 1 fully saturated rings. The van der Waals surface area contributed by atoms with E-state index in [0.717, 1.165) is 19.4 Å². The molecule has 0 radical (unpaired) electrons. The van der Waals surface area contributed by atoms with Crippen LogP contribution in [0, 0.1) is 5.92 Å². The molecular formula is C11H19NO4. The maximum absolute atomic E-state index is 11.5. The van der Waals surface area contributed by atoms with Crippen LogP contribution in [-0.4, -0.2) is 48.2 Å². The molecule has 0 aliphatic carbocycles. The van der Waals surface area contributed by atoms with E-state index in [9.17, 15) is 9.59 Å². The Labute approximate surface area is 95.4 Å². The van der Waals surface area contributed by atoms with Crippen molar-refractivity contribution in [3.63, 3.8) is 0 Å². The van der Waals surface area contributed by atoms with Gasteiger partial charge in [0.2, 0.25) is 0 Å². The minimum atomic E-state index is -0.793. The second-order valence-corrected chi connectivity index (χ2v) is 4.04. The minimum absolute atomic E-state index is 0.0810. The lowest BCUT2D eigenvalue weighted by atomic mass is 9.98. The smallest absolute Gasteiger partial charge is 0.310 e. The van der Waals surface area contributed by atoms with E-state index in [0.29, 0.717) is 19.7 Å². The molecule has 1 unspecified atom stereocenters. The average Bonchev–Trinajstić information content (AvgIpc) is 2.27. The molecular weight excluding hydrogens is 210 g/mol. The Morgan fingerprint density at radius 1 is 1.50 bits per heavy atom. The van der Waals surface area contributed by atoms with Gasteiger partial charge in [0.15, 0.2) is 0 Å². The van der Waals surface area contributed by atoms with Gasteiger partial charge >= 0.3 is 11.9 Å². The van der Waals surface area contributed by atoms with E-state index in [2.05, 4.69) is 0 Å². The van der Waals surface area contributed by atoms with Crippen LogP contribution in [0.5, 0.6) is 0 Å². The summed E-state index contributed by atoms with van der Waals surface area (Å²) in [5.74, 6) is -1.02. The number of piperidine rings is 1. The van der Waals surface area contributed by atoms with Crippen LogP contribution in [-0.2, 0) is 14.3 Å². The Hall–Kier alpha value is -1.10. The average molecular weight is 229 g/mol. The molecule has 0 aromatic heterocycles. The highest BCUT2D eigenvalue weighted by atomic mass is 16.5. The van der Waals surface area contributed by atoms with Crippen molar-refractivity contribution in [3.05, 3.63) is 0 Å². The van der Waals surface area contributed by atoms with E-state index < -0.39 is 5.97 Å². The summed E-state index contributed by atoms with van der Waals surface area (Å²) in [6.45, 7) is 4.23. The summed E-state index contributed by atoms with van der Waals surface area (Å²) < 4.78 is 4.97. The molecule has 1 aliphatic heterocycles. The van der Waals surface area contributed by atoms with Crippen molar-refractivity contribution < 1.29 is 19.4 Å². The van der Waals surface area contributed by atoms with Crippen molar-refractivity contribution in [1.82, 2.24) is 4.90 Å². The van der Waals surface area contributed by atoms with Crippen molar-refractivity contribution in [3.8, 4) is 0 Å². The number of aliphatic carboxylic acids is 1. The lowest BCUT2D eigenvalue weighted by Gasteiger charge is -2.30. The van der Waals surface area contributed by atoms with Crippen molar-refractivity contribution in [2.75, 3.05) is 26.2 Å². The van der Waals surface area contributed by atoms with Crippen LogP contribution in [0.25, 0.3) is 0 Å². The number of carbonyl (C=O) groups excluding carboxylic acids is 1. The molecule has 1 rings (SSSR count). The monoisotopic (exact) mass is 229 g/mol. The highest BCUT2D eigenvalue weighted by Crippen LogP contribution is 2.17. The second-order valence-electron chi connectivity index (χ2n) is 4.04. The first-order chi connectivity index (χ1) is 7.63. The van der Waals surface area contributed by atoms with Crippen LogP contribution in [0.2, 0.25) is 0 Å². The molecule has 1 heterocycles. The zero-order chi connectivity index (χ0) is 12.0. The highest BCUT2D eigenvalue weighted by Gasteiger charge is 2.26. The summed E-state index contributed by atoms with van der Waals surface area (Å²) >= 11 is 0. The number of carboxylic acid groups (broad SMARTS) is 1. The standard InChI is InChI=1S/C11H19NO4/c1-2-16-11(15)9-4-3-6-12(8-9)7-5-10(13)14/h9H,2-8H2,1H3,(H,13,14). The fourth-order valence-electron chi connectivity index (χ4n) is 1.96. The molecule has 5 heteroatoms. The molecule has 1 saturated heterocycles. The number of hydrogen-bond acceptors (Lipinski definition) is 4. The Balaban J connectivity index is 2.34. The van der Waals surface area contributed by atoms with E-state index in [4.69, 9.17) is 9.84 Å². The first-order valence-electron chi connectivity index (χ1n) is 5.74. The number of ether oxygens (including phenoxy) is 1. The molecule has 0 amide bonds. The van der Waals surface area contributed by atoms with E-state index in [1.807, 2.05) is 4.90 Å². The van der Waals surface area contributed by atoms with Crippen molar-refractivity contribution in [2.45, 2.75) is 26.2 Å². The van der Waals surface area contributed by atoms with Gasteiger partial charge in [-0.1, -0.05) is 0 Å². The summed E-state index contributed by atoms with van der Waals surface area (Å²) in [6, 6.07) is 0. The van der Waals surface area contributed by atoms with Gasteiger partial charge in [-0.2, -0.15) is 0 Å². The van der Waals surface area contributed by atoms with E-state index >= 15 is 0 Å². The van der Waals surface area contributed by atoms with Crippen molar-refractivity contribution in [2.24, 2.45) is 5.92 Å². The Morgan fingerprint density at radius 3 is 2.88 bits per heavy atom. The van der Waals surface area contributed by atoms with Gasteiger partial charge in [0, 0.05) is 13.1 Å². The molecule has 1 N–H and O–H groups in total. The molecule has 0 aromatic rings. The lowest BCUT2D eigenvalue weighted by Crippen LogP contribution is -2.40. The first-order valence-corrected chi connectivity index (χ1v) is 5.74. The third-order valence-electron chi connectivity index (χ3n) is 2.77. The van der Waals surface area contributed by atoms with Crippen LogP contribution >= 0.6 is 0 Å². The van der Waals surface area contributed by atoms with Gasteiger partial charge in [-0.05, 0) is 26.3 Å². The third kappa shape index (κ3) is 4.18. The first kappa shape index (κ1) is 13.0. The minimum Gasteiger partial charge on any atom is -0.481 e. The van der Waals surface area contributed by atoms with Crippen LogP contribution in [0.4, 0.5) is 0 Å². The van der Waals surface area contributed by atoms with Crippen LogP contribution in [0.1, 0.15) is 26.2 Å². The maximum Gasteiger partial charge on any atom is 0.310 e. The number of nitrogens with zero attached hydrogens (tertiary/aromatic N) is 1. The molecule has 92 valence electrons. The lowest BCUT2D eigenvalue weighted by molar-refractivity contribution is -0.149. The van der Waals surface area contributed by atoms with Crippen LogP contribution in [0.15, 0.2) is 0 Å². The molecule has 1 atom stereocenters. The van der Waals surface area contributed by atoms with Gasteiger partial charge in [-0.15, -0.1) is 0 Å². The maximum atomic E-state index is 11.5. The van der Waals surface area contributed by atoms with Crippen LogP contribution in [0.3, 0.4) is 0 Å². The number of carbonyl (C=O) groups is 2. The number of rotatable bonds is 5. The normalized spacial score (nSPS) is 21.7. The SMILES string of the molecule is CCOC(=O)C1CCCN(CCC(=O)O)C1. The zero-order valence-electron chi connectivity index (χ0n) is 9.65. The predicted octanol–water partition coefficient (Wildman–Crippen LogP) is 0.736. The summed E-state index contributed by atoms with van der Waals surface area (Å²) in [5, 5.41) is 8.59. The number of esters is 1. The largest absolute Gasteiger partial charge is 0.481 e. The van der Waals surface area contributed by atoms with Gasteiger partial charge in [-0.25, -0.2) is 0 Å². The number of carboxylic acids is 1. The molecule has 1 aliphatic rings. The van der Waals surface area contributed by atoms with E-state index in [1.54, 1.807) is 6.92 Å². The number of likely N-dealkylation sites (tertiary alicyclic amines) is 1. The van der Waals surface area contributed by atoms with Gasteiger partial charge < -0.3 is 14.7 Å². The molecule has 0 saturated carbocycles. The molecule has 0 spiro atoms. The Morgan fingerprint density at radius 2 is 2.25 bits per heavy atom. The topological polar surface area (TPSA) is 66.8 Å². The summed E-state index contributed by atoms with van der Waals surface area (Å²) in [6.07, 6.45) is 1.92. The second kappa shape index (κ2) is 6.48. The number of hydrogen-bond donors (Lipinski definition) is 1. The van der Waals surface area contributed by atoms with E-state index in [-0.39, 0.29) is 18.3 Å². The van der Waals surface area contributed by atoms with Gasteiger partial charge in [-0.3, -0.25) is 9.59 Å². The molecule has 0 aromatic carbocycles. The molecule has 5 nitrogen and oxygen atoms in total. The summed E-state index contributed by atoms with van der Waals surface area (Å²) in [7, 11) is 0. The van der Waals surface area contributed by atoms with E-state index in [1.165, 1.54) is 0 Å². The fraction of sp³-hybridized carbons (Fsp3) is 0.818. The Kier molecular flexibility index (Phi) is 5.25. The highest BCUT2D eigenvalue weighted by molar-refractivity contribution is 5.72. The molecule has 16 heavy (non-hydrogen) atoms. The summed E-state index contributed by atoms with van der Waals surface area (Å²) in [4.78, 5) is 24.0. The quantitative estimate of drug-likeness (QED) is 0.704. The van der Waals surface area contributed by atoms with Gasteiger partial charge in [0.05, 0.1) is 18.9 Å². The zero-order valence-corrected chi connectivity index (χ0v) is 9.65.